The summed E-state index contributed by atoms with van der Waals surface area (Å²) in [6.45, 7) is 7.22. The normalized spacial score (nSPS) is 18.3. The van der Waals surface area contributed by atoms with Gasteiger partial charge in [0.25, 0.3) is 0 Å². The first kappa shape index (κ1) is 14.6. The van der Waals surface area contributed by atoms with Gasteiger partial charge in [-0.1, -0.05) is 6.92 Å². The second-order valence-corrected chi connectivity index (χ2v) is 5.62. The molecule has 0 radical (unpaired) electrons. The number of hydrogen-bond acceptors (Lipinski definition) is 4. The first-order valence-corrected chi connectivity index (χ1v) is 7.36. The molecule has 108 valence electrons. The van der Waals surface area contributed by atoms with Crippen molar-refractivity contribution in [1.29, 1.82) is 0 Å². The van der Waals surface area contributed by atoms with Crippen molar-refractivity contribution in [2.75, 3.05) is 33.7 Å². The molecule has 1 saturated heterocycles. The Morgan fingerprint density at radius 3 is 2.58 bits per heavy atom. The van der Waals surface area contributed by atoms with Gasteiger partial charge in [0.1, 0.15) is 11.5 Å². The fourth-order valence-corrected chi connectivity index (χ4v) is 2.66. The Hall–Kier alpha value is -0.840. The summed E-state index contributed by atoms with van der Waals surface area (Å²) in [7, 11) is 4.36. The van der Waals surface area contributed by atoms with Crippen LogP contribution in [-0.4, -0.2) is 49.6 Å². The van der Waals surface area contributed by atoms with E-state index < -0.39 is 0 Å². The summed E-state index contributed by atoms with van der Waals surface area (Å²) in [5.74, 6) is 2.14. The minimum absolute atomic E-state index is 0.747. The van der Waals surface area contributed by atoms with Gasteiger partial charge in [-0.15, -0.1) is 0 Å². The predicted molar refractivity (Wildman–Crippen MR) is 78.1 cm³/mol. The molecule has 4 heteroatoms. The van der Waals surface area contributed by atoms with Crippen molar-refractivity contribution in [3.8, 4) is 0 Å². The lowest BCUT2D eigenvalue weighted by atomic mass is 10.0. The molecule has 0 atom stereocenters. The van der Waals surface area contributed by atoms with Crippen LogP contribution in [0, 0.1) is 0 Å². The smallest absolute Gasteiger partial charge is 0.118 e. The maximum atomic E-state index is 5.85. The molecule has 1 aliphatic heterocycles. The molecule has 2 rings (SSSR count). The highest BCUT2D eigenvalue weighted by Crippen LogP contribution is 2.17. The minimum Gasteiger partial charge on any atom is -0.463 e. The quantitative estimate of drug-likeness (QED) is 0.851. The van der Waals surface area contributed by atoms with Crippen LogP contribution in [0.25, 0.3) is 0 Å². The Morgan fingerprint density at radius 1 is 1.26 bits per heavy atom. The Kier molecular flexibility index (Phi) is 5.43. The first-order chi connectivity index (χ1) is 9.19. The maximum Gasteiger partial charge on any atom is 0.118 e. The van der Waals surface area contributed by atoms with Crippen LogP contribution in [0.2, 0.25) is 0 Å². The van der Waals surface area contributed by atoms with Gasteiger partial charge in [-0.05, 0) is 45.6 Å². The average molecular weight is 265 g/mol. The van der Waals surface area contributed by atoms with Crippen LogP contribution in [0.3, 0.4) is 0 Å². The van der Waals surface area contributed by atoms with Crippen LogP contribution >= 0.6 is 0 Å². The number of rotatable bonds is 6. The largest absolute Gasteiger partial charge is 0.463 e. The van der Waals surface area contributed by atoms with E-state index in [4.69, 9.17) is 4.42 Å². The summed E-state index contributed by atoms with van der Waals surface area (Å²) in [4.78, 5) is 4.84. The molecule has 1 aliphatic rings. The topological polar surface area (TPSA) is 31.6 Å². The van der Waals surface area contributed by atoms with Gasteiger partial charge in [0.2, 0.25) is 0 Å². The van der Waals surface area contributed by atoms with E-state index in [2.05, 4.69) is 48.3 Å². The van der Waals surface area contributed by atoms with Crippen LogP contribution in [0.4, 0.5) is 0 Å². The Labute approximate surface area is 116 Å². The van der Waals surface area contributed by atoms with E-state index in [0.29, 0.717) is 0 Å². The van der Waals surface area contributed by atoms with Crippen molar-refractivity contribution in [2.45, 2.75) is 38.9 Å². The second kappa shape index (κ2) is 7.08. The highest BCUT2D eigenvalue weighted by Gasteiger charge is 2.21. The van der Waals surface area contributed by atoms with Gasteiger partial charge in [-0.2, -0.15) is 0 Å². The third kappa shape index (κ3) is 4.34. The van der Waals surface area contributed by atoms with Crippen LogP contribution in [0.5, 0.6) is 0 Å². The molecular weight excluding hydrogens is 238 g/mol. The Balaban J connectivity index is 1.77. The summed E-state index contributed by atoms with van der Waals surface area (Å²) < 4.78 is 5.85. The van der Waals surface area contributed by atoms with E-state index in [1.807, 2.05) is 0 Å². The molecule has 1 N–H and O–H groups in total. The van der Waals surface area contributed by atoms with E-state index in [1.54, 1.807) is 0 Å². The van der Waals surface area contributed by atoms with Gasteiger partial charge in [0, 0.05) is 19.1 Å². The molecule has 0 bridgehead atoms. The molecular formula is C15H27N3O. The minimum atomic E-state index is 0.747. The second-order valence-electron chi connectivity index (χ2n) is 5.62. The van der Waals surface area contributed by atoms with Crippen LogP contribution in [0.15, 0.2) is 16.5 Å². The van der Waals surface area contributed by atoms with Gasteiger partial charge in [0.05, 0.1) is 13.1 Å². The zero-order valence-electron chi connectivity index (χ0n) is 12.5. The SMILES string of the molecule is CCNCc1ccc(CN2CCC(N(C)C)CC2)o1. The van der Waals surface area contributed by atoms with Crippen molar-refractivity contribution in [2.24, 2.45) is 0 Å². The number of hydrogen-bond donors (Lipinski definition) is 1. The summed E-state index contributed by atoms with van der Waals surface area (Å²) in [5, 5.41) is 3.29. The van der Waals surface area contributed by atoms with Crippen LogP contribution in [-0.2, 0) is 13.1 Å². The van der Waals surface area contributed by atoms with Gasteiger partial charge in [0.15, 0.2) is 0 Å². The van der Waals surface area contributed by atoms with E-state index >= 15 is 0 Å². The third-order valence-corrected chi connectivity index (χ3v) is 3.93. The molecule has 1 aromatic heterocycles. The average Bonchev–Trinajstić information content (AvgIpc) is 2.84. The summed E-state index contributed by atoms with van der Waals surface area (Å²) in [6.07, 6.45) is 2.52. The maximum absolute atomic E-state index is 5.85. The molecule has 19 heavy (non-hydrogen) atoms. The van der Waals surface area contributed by atoms with E-state index in [0.717, 1.165) is 37.2 Å². The highest BCUT2D eigenvalue weighted by atomic mass is 16.3. The van der Waals surface area contributed by atoms with Crippen LogP contribution < -0.4 is 5.32 Å². The van der Waals surface area contributed by atoms with Gasteiger partial charge < -0.3 is 14.6 Å². The summed E-state index contributed by atoms with van der Waals surface area (Å²) in [6, 6.07) is 4.95. The number of piperidine rings is 1. The molecule has 2 heterocycles. The molecule has 0 aromatic carbocycles. The monoisotopic (exact) mass is 265 g/mol. The van der Waals surface area contributed by atoms with E-state index in [9.17, 15) is 0 Å². The lowest BCUT2D eigenvalue weighted by Gasteiger charge is -2.34. The zero-order chi connectivity index (χ0) is 13.7. The fraction of sp³-hybridized carbons (Fsp3) is 0.733. The van der Waals surface area contributed by atoms with E-state index in [1.165, 1.54) is 25.9 Å². The van der Waals surface area contributed by atoms with Crippen molar-refractivity contribution in [3.05, 3.63) is 23.7 Å². The highest BCUT2D eigenvalue weighted by molar-refractivity contribution is 5.07. The molecule has 1 fully saturated rings. The summed E-state index contributed by atoms with van der Waals surface area (Å²) in [5.41, 5.74) is 0. The molecule has 0 unspecified atom stereocenters. The first-order valence-electron chi connectivity index (χ1n) is 7.36. The van der Waals surface area contributed by atoms with E-state index in [-0.39, 0.29) is 0 Å². The van der Waals surface area contributed by atoms with Crippen molar-refractivity contribution in [3.63, 3.8) is 0 Å². The molecule has 0 spiro atoms. The fourth-order valence-electron chi connectivity index (χ4n) is 2.66. The molecule has 0 aliphatic carbocycles. The summed E-state index contributed by atoms with van der Waals surface area (Å²) >= 11 is 0. The molecule has 0 saturated carbocycles. The predicted octanol–water partition coefficient (Wildman–Crippen LogP) is 1.92. The lowest BCUT2D eigenvalue weighted by molar-refractivity contribution is 0.133. The van der Waals surface area contributed by atoms with Crippen LogP contribution in [0.1, 0.15) is 31.3 Å². The number of furan rings is 1. The standard InChI is InChI=1S/C15H27N3O/c1-4-16-11-14-5-6-15(19-14)12-18-9-7-13(8-10-18)17(2)3/h5-6,13,16H,4,7-12H2,1-3H3. The molecule has 1 aromatic rings. The van der Waals surface area contributed by atoms with Gasteiger partial charge >= 0.3 is 0 Å². The van der Waals surface area contributed by atoms with Crippen molar-refractivity contribution < 1.29 is 4.42 Å². The Morgan fingerprint density at radius 2 is 1.95 bits per heavy atom. The number of likely N-dealkylation sites (tertiary alicyclic amines) is 1. The molecule has 0 amide bonds. The molecule has 4 nitrogen and oxygen atoms in total. The third-order valence-electron chi connectivity index (χ3n) is 3.93. The Bertz CT molecular complexity index is 367. The lowest BCUT2D eigenvalue weighted by Crippen LogP contribution is -2.41. The van der Waals surface area contributed by atoms with Gasteiger partial charge in [-0.3, -0.25) is 4.90 Å². The number of nitrogens with zero attached hydrogens (tertiary/aromatic N) is 2. The zero-order valence-corrected chi connectivity index (χ0v) is 12.5. The van der Waals surface area contributed by atoms with Gasteiger partial charge in [-0.25, -0.2) is 0 Å². The van der Waals surface area contributed by atoms with Crippen molar-refractivity contribution in [1.82, 2.24) is 15.1 Å². The van der Waals surface area contributed by atoms with Crippen molar-refractivity contribution >= 4 is 0 Å². The number of nitrogens with one attached hydrogen (secondary N) is 1.